The number of rotatable bonds is 8. The molecule has 1 aromatic heterocycles. The van der Waals surface area contributed by atoms with Crippen LogP contribution in [-0.4, -0.2) is 15.0 Å². The van der Waals surface area contributed by atoms with Gasteiger partial charge in [0.15, 0.2) is 17.5 Å². The standard InChI is InChI=1S/C51H35N3/c1-5-17-36(18-6-1)40-25-15-27-43(33-40)49-52-50(44-28-16-26-42(34-44)46-30-14-13-29-45(46)38-21-9-3-10-22-38)54-51(53-49)47-32-31-41(37-19-7-2-8-20-37)35-48(47)39-23-11-4-12-24-39/h1-35H. The van der Waals surface area contributed by atoms with Gasteiger partial charge in [0.2, 0.25) is 0 Å². The zero-order valence-corrected chi connectivity index (χ0v) is 29.5. The zero-order valence-electron chi connectivity index (χ0n) is 29.5. The third kappa shape index (κ3) is 6.74. The largest absolute Gasteiger partial charge is 0.208 e. The predicted molar refractivity (Wildman–Crippen MR) is 223 cm³/mol. The summed E-state index contributed by atoms with van der Waals surface area (Å²) >= 11 is 0. The first kappa shape index (κ1) is 32.7. The van der Waals surface area contributed by atoms with E-state index in [4.69, 9.17) is 15.0 Å². The van der Waals surface area contributed by atoms with Crippen molar-refractivity contribution < 1.29 is 0 Å². The van der Waals surface area contributed by atoms with Gasteiger partial charge < -0.3 is 0 Å². The summed E-state index contributed by atoms with van der Waals surface area (Å²) in [5.41, 5.74) is 14.1. The minimum atomic E-state index is 0.616. The molecule has 0 N–H and O–H groups in total. The van der Waals surface area contributed by atoms with Crippen LogP contribution in [0, 0.1) is 0 Å². The van der Waals surface area contributed by atoms with Crippen molar-refractivity contribution in [2.75, 3.05) is 0 Å². The molecule has 3 heteroatoms. The lowest BCUT2D eigenvalue weighted by atomic mass is 9.93. The summed E-state index contributed by atoms with van der Waals surface area (Å²) < 4.78 is 0. The highest BCUT2D eigenvalue weighted by molar-refractivity contribution is 5.87. The van der Waals surface area contributed by atoms with Crippen molar-refractivity contribution in [3.63, 3.8) is 0 Å². The Hall–Kier alpha value is -7.23. The SMILES string of the molecule is c1ccc(-c2cccc(-c3nc(-c4cccc(-c5ccccc5-c5ccccc5)c4)nc(-c4ccc(-c5ccccc5)cc4-c4ccccc4)n3)c2)cc1. The van der Waals surface area contributed by atoms with Gasteiger partial charge in [0.25, 0.3) is 0 Å². The molecular weight excluding hydrogens is 655 g/mol. The molecule has 0 saturated heterocycles. The highest BCUT2D eigenvalue weighted by atomic mass is 15.0. The van der Waals surface area contributed by atoms with E-state index >= 15 is 0 Å². The Morgan fingerprint density at radius 1 is 0.185 bits per heavy atom. The van der Waals surface area contributed by atoms with Crippen LogP contribution >= 0.6 is 0 Å². The van der Waals surface area contributed by atoms with Gasteiger partial charge in [-0.2, -0.15) is 0 Å². The van der Waals surface area contributed by atoms with Gasteiger partial charge in [-0.15, -0.1) is 0 Å². The van der Waals surface area contributed by atoms with E-state index in [1.165, 1.54) is 11.1 Å². The first-order valence-electron chi connectivity index (χ1n) is 18.2. The molecule has 254 valence electrons. The van der Waals surface area contributed by atoms with E-state index in [1.54, 1.807) is 0 Å². The molecular formula is C51H35N3. The third-order valence-electron chi connectivity index (χ3n) is 9.76. The second-order valence-electron chi connectivity index (χ2n) is 13.2. The molecule has 0 fully saturated rings. The summed E-state index contributed by atoms with van der Waals surface area (Å²) in [6.45, 7) is 0. The topological polar surface area (TPSA) is 38.7 Å². The molecule has 0 aliphatic rings. The maximum absolute atomic E-state index is 5.26. The molecule has 3 nitrogen and oxygen atoms in total. The van der Waals surface area contributed by atoms with Gasteiger partial charge in [0.05, 0.1) is 0 Å². The molecule has 8 aromatic carbocycles. The normalized spacial score (nSPS) is 11.0. The Morgan fingerprint density at radius 3 is 1.11 bits per heavy atom. The van der Waals surface area contributed by atoms with E-state index in [-0.39, 0.29) is 0 Å². The van der Waals surface area contributed by atoms with Gasteiger partial charge in [-0.3, -0.25) is 0 Å². The van der Waals surface area contributed by atoms with Gasteiger partial charge in [-0.05, 0) is 79.9 Å². The van der Waals surface area contributed by atoms with Gasteiger partial charge in [-0.25, -0.2) is 15.0 Å². The summed E-state index contributed by atoms with van der Waals surface area (Å²) in [5.74, 6) is 1.85. The van der Waals surface area contributed by atoms with Crippen LogP contribution in [0.25, 0.3) is 89.8 Å². The molecule has 1 heterocycles. The second-order valence-corrected chi connectivity index (χ2v) is 13.2. The van der Waals surface area contributed by atoms with Crippen molar-refractivity contribution in [2.24, 2.45) is 0 Å². The van der Waals surface area contributed by atoms with E-state index < -0.39 is 0 Å². The van der Waals surface area contributed by atoms with Crippen LogP contribution in [0.5, 0.6) is 0 Å². The first-order chi connectivity index (χ1) is 26.8. The molecule has 0 aliphatic heterocycles. The van der Waals surface area contributed by atoms with Crippen LogP contribution in [0.15, 0.2) is 212 Å². The van der Waals surface area contributed by atoms with E-state index in [1.807, 2.05) is 18.2 Å². The van der Waals surface area contributed by atoms with Crippen LogP contribution < -0.4 is 0 Å². The van der Waals surface area contributed by atoms with Crippen LogP contribution in [0.1, 0.15) is 0 Å². The highest BCUT2D eigenvalue weighted by Crippen LogP contribution is 2.38. The van der Waals surface area contributed by atoms with Crippen molar-refractivity contribution in [3.8, 4) is 89.8 Å². The maximum atomic E-state index is 5.26. The summed E-state index contributed by atoms with van der Waals surface area (Å²) in [7, 11) is 0. The molecule has 54 heavy (non-hydrogen) atoms. The van der Waals surface area contributed by atoms with Gasteiger partial charge in [0, 0.05) is 16.7 Å². The van der Waals surface area contributed by atoms with Crippen molar-refractivity contribution in [1.29, 1.82) is 0 Å². The number of aromatic nitrogens is 3. The van der Waals surface area contributed by atoms with Crippen LogP contribution in [0.4, 0.5) is 0 Å². The number of benzene rings is 8. The second kappa shape index (κ2) is 14.8. The molecule has 9 rings (SSSR count). The summed E-state index contributed by atoms with van der Waals surface area (Å²) in [4.78, 5) is 15.7. The van der Waals surface area contributed by atoms with E-state index in [0.717, 1.165) is 61.2 Å². The maximum Gasteiger partial charge on any atom is 0.164 e. The summed E-state index contributed by atoms with van der Waals surface area (Å²) in [5, 5.41) is 0. The fourth-order valence-corrected chi connectivity index (χ4v) is 7.06. The van der Waals surface area contributed by atoms with Gasteiger partial charge in [0.1, 0.15) is 0 Å². The Balaban J connectivity index is 1.24. The Morgan fingerprint density at radius 2 is 0.556 bits per heavy atom. The predicted octanol–water partition coefficient (Wildman–Crippen LogP) is 13.2. The average molecular weight is 690 g/mol. The third-order valence-corrected chi connectivity index (χ3v) is 9.76. The quantitative estimate of drug-likeness (QED) is 0.159. The van der Waals surface area contributed by atoms with E-state index in [9.17, 15) is 0 Å². The van der Waals surface area contributed by atoms with Crippen LogP contribution in [0.3, 0.4) is 0 Å². The molecule has 0 saturated carbocycles. The number of hydrogen-bond donors (Lipinski definition) is 0. The Labute approximate surface area is 316 Å². The molecule has 0 aliphatic carbocycles. The van der Waals surface area contributed by atoms with Gasteiger partial charge >= 0.3 is 0 Å². The Kier molecular flexibility index (Phi) is 8.94. The monoisotopic (exact) mass is 689 g/mol. The molecule has 0 radical (unpaired) electrons. The lowest BCUT2D eigenvalue weighted by Crippen LogP contribution is -2.01. The lowest BCUT2D eigenvalue weighted by molar-refractivity contribution is 1.07. The first-order valence-corrected chi connectivity index (χ1v) is 18.2. The van der Waals surface area contributed by atoms with Crippen LogP contribution in [-0.2, 0) is 0 Å². The lowest BCUT2D eigenvalue weighted by Gasteiger charge is -2.15. The minimum absolute atomic E-state index is 0.616. The number of nitrogens with zero attached hydrogens (tertiary/aromatic N) is 3. The number of hydrogen-bond acceptors (Lipinski definition) is 3. The fourth-order valence-electron chi connectivity index (χ4n) is 7.06. The molecule has 0 amide bonds. The highest BCUT2D eigenvalue weighted by Gasteiger charge is 2.18. The van der Waals surface area contributed by atoms with Crippen molar-refractivity contribution in [1.82, 2.24) is 15.0 Å². The minimum Gasteiger partial charge on any atom is -0.208 e. The van der Waals surface area contributed by atoms with Crippen LogP contribution in [0.2, 0.25) is 0 Å². The van der Waals surface area contributed by atoms with E-state index in [2.05, 4.69) is 194 Å². The molecule has 0 bridgehead atoms. The van der Waals surface area contributed by atoms with Gasteiger partial charge in [-0.1, -0.05) is 188 Å². The fraction of sp³-hybridized carbons (Fsp3) is 0. The summed E-state index contributed by atoms with van der Waals surface area (Å²) in [6.07, 6.45) is 0. The van der Waals surface area contributed by atoms with Crippen molar-refractivity contribution >= 4 is 0 Å². The molecule has 0 spiro atoms. The van der Waals surface area contributed by atoms with E-state index in [0.29, 0.717) is 17.5 Å². The summed E-state index contributed by atoms with van der Waals surface area (Å²) in [6, 6.07) is 74.0. The van der Waals surface area contributed by atoms with Crippen molar-refractivity contribution in [3.05, 3.63) is 212 Å². The molecule has 0 unspecified atom stereocenters. The smallest absolute Gasteiger partial charge is 0.164 e. The Bertz CT molecular complexity index is 2690. The van der Waals surface area contributed by atoms with Crippen molar-refractivity contribution in [2.45, 2.75) is 0 Å². The zero-order chi connectivity index (χ0) is 36.1. The molecule has 0 atom stereocenters. The average Bonchev–Trinajstić information content (AvgIpc) is 3.27. The molecule has 9 aromatic rings.